The Labute approximate surface area is 145 Å². The van der Waals surface area contributed by atoms with Crippen LogP contribution in [0, 0.1) is 5.82 Å². The molecule has 0 aliphatic heterocycles. The van der Waals surface area contributed by atoms with Crippen molar-refractivity contribution in [2.24, 2.45) is 0 Å². The minimum Gasteiger partial charge on any atom is -0.289 e. The van der Waals surface area contributed by atoms with E-state index in [0.29, 0.717) is 5.56 Å². The van der Waals surface area contributed by atoms with E-state index < -0.39 is 23.3 Å². The smallest absolute Gasteiger partial charge is 0.289 e. The maximum atomic E-state index is 14.1. The van der Waals surface area contributed by atoms with Crippen molar-refractivity contribution in [3.05, 3.63) is 83.7 Å². The van der Waals surface area contributed by atoms with Gasteiger partial charge >= 0.3 is 6.18 Å². The van der Waals surface area contributed by atoms with Crippen LogP contribution in [0.2, 0.25) is 0 Å². The number of rotatable bonds is 4. The second kappa shape index (κ2) is 6.91. The van der Waals surface area contributed by atoms with Crippen LogP contribution in [0.25, 0.3) is 11.8 Å². The second-order valence-corrected chi connectivity index (χ2v) is 5.33. The maximum Gasteiger partial charge on any atom is 0.416 e. The predicted octanol–water partition coefficient (Wildman–Crippen LogP) is 4.32. The van der Waals surface area contributed by atoms with Gasteiger partial charge in [0.1, 0.15) is 24.2 Å². The van der Waals surface area contributed by atoms with E-state index in [-0.39, 0.29) is 11.3 Å². The van der Waals surface area contributed by atoms with E-state index in [1.165, 1.54) is 41.6 Å². The van der Waals surface area contributed by atoms with Crippen LogP contribution in [0.5, 0.6) is 0 Å². The van der Waals surface area contributed by atoms with Crippen molar-refractivity contribution in [2.75, 3.05) is 0 Å². The third-order valence-corrected chi connectivity index (χ3v) is 3.54. The van der Waals surface area contributed by atoms with Crippen LogP contribution in [-0.4, -0.2) is 20.5 Å². The van der Waals surface area contributed by atoms with Gasteiger partial charge in [0, 0.05) is 5.56 Å². The van der Waals surface area contributed by atoms with Gasteiger partial charge in [0.05, 0.1) is 5.56 Å². The van der Waals surface area contributed by atoms with Gasteiger partial charge in [-0.1, -0.05) is 24.3 Å². The lowest BCUT2D eigenvalue weighted by Crippen LogP contribution is -2.06. The lowest BCUT2D eigenvalue weighted by Gasteiger charge is -2.07. The highest BCUT2D eigenvalue weighted by Crippen LogP contribution is 2.29. The van der Waals surface area contributed by atoms with Crippen molar-refractivity contribution >= 4 is 11.9 Å². The van der Waals surface area contributed by atoms with E-state index in [0.717, 1.165) is 24.3 Å². The van der Waals surface area contributed by atoms with Crippen molar-refractivity contribution in [3.63, 3.8) is 0 Å². The summed E-state index contributed by atoms with van der Waals surface area (Å²) in [5.41, 5.74) is -0.439. The molecule has 0 fully saturated rings. The molecule has 0 aliphatic carbocycles. The van der Waals surface area contributed by atoms with Gasteiger partial charge < -0.3 is 0 Å². The fourth-order valence-electron chi connectivity index (χ4n) is 2.26. The molecule has 0 aliphatic rings. The molecule has 0 amide bonds. The molecule has 1 aromatic heterocycles. The zero-order valence-electron chi connectivity index (χ0n) is 13.1. The fourth-order valence-corrected chi connectivity index (χ4v) is 2.26. The molecule has 0 spiro atoms. The van der Waals surface area contributed by atoms with Crippen LogP contribution >= 0.6 is 0 Å². The summed E-state index contributed by atoms with van der Waals surface area (Å²) in [6.07, 6.45) is 0.503. The number of alkyl halides is 3. The number of hydrogen-bond donors (Lipinski definition) is 0. The molecule has 0 saturated carbocycles. The summed E-state index contributed by atoms with van der Waals surface area (Å²) in [5, 5.41) is 3.82. The highest BCUT2D eigenvalue weighted by Gasteiger charge is 2.30. The van der Waals surface area contributed by atoms with Gasteiger partial charge in [-0.05, 0) is 35.9 Å². The number of hydrogen-bond acceptors (Lipinski definition) is 3. The lowest BCUT2D eigenvalue weighted by molar-refractivity contribution is -0.137. The highest BCUT2D eigenvalue weighted by molar-refractivity contribution is 6.06. The van der Waals surface area contributed by atoms with Crippen molar-refractivity contribution in [3.8, 4) is 5.69 Å². The van der Waals surface area contributed by atoms with E-state index in [9.17, 15) is 22.4 Å². The fraction of sp³-hybridized carbons (Fsp3) is 0.0556. The number of aromatic nitrogens is 3. The molecular weight excluding hydrogens is 350 g/mol. The zero-order chi connectivity index (χ0) is 18.7. The van der Waals surface area contributed by atoms with Crippen LogP contribution in [0.4, 0.5) is 17.6 Å². The van der Waals surface area contributed by atoms with E-state index >= 15 is 0 Å². The first-order valence-electron chi connectivity index (χ1n) is 7.39. The number of benzene rings is 2. The van der Waals surface area contributed by atoms with Gasteiger partial charge in [0.2, 0.25) is 0 Å². The molecule has 0 unspecified atom stereocenters. The summed E-state index contributed by atoms with van der Waals surface area (Å²) >= 11 is 0. The molecule has 2 aromatic carbocycles. The number of nitrogens with zero attached hydrogens (tertiary/aromatic N) is 3. The first kappa shape index (κ1) is 17.5. The van der Waals surface area contributed by atoms with Crippen LogP contribution < -0.4 is 0 Å². The first-order valence-corrected chi connectivity index (χ1v) is 7.39. The van der Waals surface area contributed by atoms with Crippen molar-refractivity contribution in [1.29, 1.82) is 0 Å². The summed E-state index contributed by atoms with van der Waals surface area (Å²) in [4.78, 5) is 15.8. The second-order valence-electron chi connectivity index (χ2n) is 5.33. The third kappa shape index (κ3) is 3.85. The molecule has 132 valence electrons. The predicted molar refractivity (Wildman–Crippen MR) is 86.1 cm³/mol. The van der Waals surface area contributed by atoms with Gasteiger partial charge in [0.15, 0.2) is 5.78 Å². The topological polar surface area (TPSA) is 47.8 Å². The SMILES string of the molecule is O=C(C=Cc1ccc(-n2cncn2)c(F)c1)c1cccc(C(F)(F)F)c1. The van der Waals surface area contributed by atoms with Crippen molar-refractivity contribution < 1.29 is 22.4 Å². The minimum absolute atomic E-state index is 0.101. The summed E-state index contributed by atoms with van der Waals surface area (Å²) in [6.45, 7) is 0. The van der Waals surface area contributed by atoms with E-state index in [4.69, 9.17) is 0 Å². The highest BCUT2D eigenvalue weighted by atomic mass is 19.4. The molecule has 0 atom stereocenters. The Bertz CT molecular complexity index is 963. The molecule has 0 saturated heterocycles. The van der Waals surface area contributed by atoms with Gasteiger partial charge in [-0.2, -0.15) is 18.3 Å². The molecule has 0 N–H and O–H groups in total. The number of halogens is 4. The molecule has 4 nitrogen and oxygen atoms in total. The largest absolute Gasteiger partial charge is 0.416 e. The quantitative estimate of drug-likeness (QED) is 0.395. The van der Waals surface area contributed by atoms with Crippen molar-refractivity contribution in [1.82, 2.24) is 14.8 Å². The average Bonchev–Trinajstić information content (AvgIpc) is 3.13. The zero-order valence-corrected chi connectivity index (χ0v) is 13.1. The van der Waals surface area contributed by atoms with E-state index in [2.05, 4.69) is 10.1 Å². The Hall–Kier alpha value is -3.29. The monoisotopic (exact) mass is 361 g/mol. The summed E-state index contributed by atoms with van der Waals surface area (Å²) in [7, 11) is 0. The Morgan fingerprint density at radius 3 is 2.58 bits per heavy atom. The molecule has 0 bridgehead atoms. The van der Waals surface area contributed by atoms with Crippen LogP contribution in [0.15, 0.2) is 61.2 Å². The Morgan fingerprint density at radius 2 is 1.92 bits per heavy atom. The number of allylic oxidation sites excluding steroid dienone is 1. The molecule has 8 heteroatoms. The van der Waals surface area contributed by atoms with Crippen LogP contribution in [0.3, 0.4) is 0 Å². The molecule has 3 rings (SSSR count). The standard InChI is InChI=1S/C18H11F4N3O/c19-15-8-12(4-6-16(15)25-11-23-10-24-25)5-7-17(26)13-2-1-3-14(9-13)18(20,21)22/h1-11H. The van der Waals surface area contributed by atoms with Crippen LogP contribution in [-0.2, 0) is 6.18 Å². The van der Waals surface area contributed by atoms with Gasteiger partial charge in [-0.25, -0.2) is 14.1 Å². The molecule has 3 aromatic rings. The van der Waals surface area contributed by atoms with Gasteiger partial charge in [-0.15, -0.1) is 0 Å². The number of carbonyl (C=O) groups is 1. The van der Waals surface area contributed by atoms with Crippen LogP contribution in [0.1, 0.15) is 21.5 Å². The first-order chi connectivity index (χ1) is 12.3. The van der Waals surface area contributed by atoms with E-state index in [1.807, 2.05) is 0 Å². The van der Waals surface area contributed by atoms with E-state index in [1.54, 1.807) is 6.07 Å². The summed E-state index contributed by atoms with van der Waals surface area (Å²) in [5.74, 6) is -1.19. The van der Waals surface area contributed by atoms with Gasteiger partial charge in [-0.3, -0.25) is 4.79 Å². The summed E-state index contributed by atoms with van der Waals surface area (Å²) < 4.78 is 53.5. The third-order valence-electron chi connectivity index (χ3n) is 3.54. The maximum absolute atomic E-state index is 14.1. The normalized spacial score (nSPS) is 11.8. The molecular formula is C18H11F4N3O. The Morgan fingerprint density at radius 1 is 1.12 bits per heavy atom. The van der Waals surface area contributed by atoms with Gasteiger partial charge in [0.25, 0.3) is 0 Å². The Balaban J connectivity index is 1.80. The van der Waals surface area contributed by atoms with Crippen molar-refractivity contribution in [2.45, 2.75) is 6.18 Å². The molecule has 0 radical (unpaired) electrons. The number of ketones is 1. The Kier molecular flexibility index (Phi) is 4.66. The average molecular weight is 361 g/mol. The summed E-state index contributed by atoms with van der Waals surface area (Å²) in [6, 6.07) is 8.31. The number of carbonyl (C=O) groups excluding carboxylic acids is 1. The molecule has 1 heterocycles. The lowest BCUT2D eigenvalue weighted by atomic mass is 10.1. The minimum atomic E-state index is -4.53. The molecule has 26 heavy (non-hydrogen) atoms.